The van der Waals surface area contributed by atoms with Crippen LogP contribution in [0, 0.1) is 0 Å². The minimum atomic E-state index is -0.853. The molecule has 3 aromatic rings. The maximum Gasteiger partial charge on any atom is 0.379 e. The van der Waals surface area contributed by atoms with Gasteiger partial charge in [0, 0.05) is 12.0 Å². The van der Waals surface area contributed by atoms with Crippen molar-refractivity contribution >= 4 is 29.2 Å². The normalized spacial score (nSPS) is 11.4. The molecule has 0 N–H and O–H groups in total. The van der Waals surface area contributed by atoms with Crippen LogP contribution in [-0.4, -0.2) is 18.0 Å². The molecule has 0 aliphatic heterocycles. The first-order chi connectivity index (χ1) is 15.1. The zero-order valence-corrected chi connectivity index (χ0v) is 17.6. The van der Waals surface area contributed by atoms with Crippen LogP contribution in [0.25, 0.3) is 11.1 Å². The Morgan fingerprint density at radius 2 is 1.32 bits per heavy atom. The smallest absolute Gasteiger partial charge is 0.379 e. The molecule has 0 fully saturated rings. The maximum atomic E-state index is 11.8. The Balaban J connectivity index is 2.08. The molecule has 31 heavy (non-hydrogen) atoms. The summed E-state index contributed by atoms with van der Waals surface area (Å²) in [5, 5.41) is 0. The van der Waals surface area contributed by atoms with E-state index in [0.717, 1.165) is 40.5 Å². The Morgan fingerprint density at radius 3 is 1.84 bits per heavy atom. The van der Waals surface area contributed by atoms with Crippen LogP contribution in [0.1, 0.15) is 53.7 Å². The number of hydrogen-bond acceptors (Lipinski definition) is 4. The zero-order chi connectivity index (χ0) is 22.2. The summed E-state index contributed by atoms with van der Waals surface area (Å²) in [5.41, 5.74) is 5.85. The van der Waals surface area contributed by atoms with E-state index in [4.69, 9.17) is 4.74 Å². The maximum absolute atomic E-state index is 11.8. The van der Waals surface area contributed by atoms with Crippen molar-refractivity contribution in [2.75, 3.05) is 0 Å². The van der Waals surface area contributed by atoms with Crippen molar-refractivity contribution in [1.82, 2.24) is 0 Å². The number of ketones is 1. The summed E-state index contributed by atoms with van der Waals surface area (Å²) in [5.74, 6) is -1.09. The Labute approximate surface area is 182 Å². The highest BCUT2D eigenvalue weighted by atomic mass is 16.5. The third kappa shape index (κ3) is 5.23. The van der Waals surface area contributed by atoms with Crippen LogP contribution in [0.4, 0.5) is 0 Å². The summed E-state index contributed by atoms with van der Waals surface area (Å²) in [4.78, 5) is 34.4. The third-order valence-electron chi connectivity index (χ3n) is 5.02. The summed E-state index contributed by atoms with van der Waals surface area (Å²) in [6.07, 6.45) is 1.74. The Morgan fingerprint density at radius 1 is 0.742 bits per heavy atom. The standard InChI is InChI=1S/C27H24O4/c1-3-24(20-8-6-5-7-9-20)26(21-12-10-19(18-28)11-13-21)22-14-16-23(17-15-22)31-27(30)25(29)4-2/h5-18H,3-4H2,1-2H3/b26-24-. The van der Waals surface area contributed by atoms with Crippen LogP contribution in [0.2, 0.25) is 0 Å². The Bertz CT molecular complexity index is 1090. The van der Waals surface area contributed by atoms with Gasteiger partial charge < -0.3 is 4.74 Å². The van der Waals surface area contributed by atoms with E-state index < -0.39 is 11.8 Å². The molecule has 0 amide bonds. The first-order valence-corrected chi connectivity index (χ1v) is 10.3. The van der Waals surface area contributed by atoms with Gasteiger partial charge in [0.2, 0.25) is 5.78 Å². The van der Waals surface area contributed by atoms with E-state index in [1.807, 2.05) is 42.5 Å². The van der Waals surface area contributed by atoms with Crippen LogP contribution in [0.15, 0.2) is 78.9 Å². The number of esters is 1. The molecule has 0 unspecified atom stereocenters. The molecule has 0 radical (unpaired) electrons. The number of carbonyl (C=O) groups is 3. The molecule has 0 aliphatic carbocycles. The molecule has 4 heteroatoms. The van der Waals surface area contributed by atoms with E-state index in [0.29, 0.717) is 11.3 Å². The first-order valence-electron chi connectivity index (χ1n) is 10.3. The van der Waals surface area contributed by atoms with Crippen LogP contribution in [-0.2, 0) is 9.59 Å². The molecule has 0 saturated heterocycles. The van der Waals surface area contributed by atoms with Crippen molar-refractivity contribution in [3.63, 3.8) is 0 Å². The topological polar surface area (TPSA) is 60.4 Å². The molecular formula is C27H24O4. The monoisotopic (exact) mass is 412 g/mol. The minimum Gasteiger partial charge on any atom is -0.421 e. The number of carbonyl (C=O) groups excluding carboxylic acids is 3. The van der Waals surface area contributed by atoms with Gasteiger partial charge in [-0.1, -0.05) is 80.6 Å². The van der Waals surface area contributed by atoms with E-state index in [-0.39, 0.29) is 6.42 Å². The fraction of sp³-hybridized carbons (Fsp3) is 0.148. The van der Waals surface area contributed by atoms with Gasteiger partial charge in [-0.15, -0.1) is 0 Å². The molecule has 3 rings (SSSR count). The van der Waals surface area contributed by atoms with Gasteiger partial charge in [0.05, 0.1) is 0 Å². The summed E-state index contributed by atoms with van der Waals surface area (Å²) in [6.45, 7) is 3.73. The predicted molar refractivity (Wildman–Crippen MR) is 122 cm³/mol. The van der Waals surface area contributed by atoms with Gasteiger partial charge in [0.25, 0.3) is 0 Å². The molecule has 0 aromatic heterocycles. The summed E-state index contributed by atoms with van der Waals surface area (Å²) >= 11 is 0. The first kappa shape index (κ1) is 21.9. The Hall–Kier alpha value is -3.79. The lowest BCUT2D eigenvalue weighted by atomic mass is 9.88. The molecule has 0 aliphatic rings. The van der Waals surface area contributed by atoms with Gasteiger partial charge >= 0.3 is 5.97 Å². The van der Waals surface area contributed by atoms with Gasteiger partial charge in [0.15, 0.2) is 0 Å². The summed E-state index contributed by atoms with van der Waals surface area (Å²) < 4.78 is 5.17. The van der Waals surface area contributed by atoms with Crippen molar-refractivity contribution in [3.8, 4) is 5.75 Å². The van der Waals surface area contributed by atoms with E-state index in [1.165, 1.54) is 0 Å². The molecule has 4 nitrogen and oxygen atoms in total. The highest BCUT2D eigenvalue weighted by Gasteiger charge is 2.16. The van der Waals surface area contributed by atoms with Crippen molar-refractivity contribution < 1.29 is 19.1 Å². The average Bonchev–Trinajstić information content (AvgIpc) is 2.83. The Kier molecular flexibility index (Phi) is 7.28. The van der Waals surface area contributed by atoms with Crippen LogP contribution in [0.3, 0.4) is 0 Å². The van der Waals surface area contributed by atoms with Gasteiger partial charge in [-0.3, -0.25) is 9.59 Å². The minimum absolute atomic E-state index is 0.109. The number of rotatable bonds is 8. The SMILES string of the molecule is CCC(=O)C(=O)Oc1ccc(/C(=C(/CC)c2ccccc2)c2ccc(C=O)cc2)cc1. The molecular weight excluding hydrogens is 388 g/mol. The lowest BCUT2D eigenvalue weighted by Crippen LogP contribution is -2.19. The summed E-state index contributed by atoms with van der Waals surface area (Å²) in [7, 11) is 0. The molecule has 0 atom stereocenters. The molecule has 0 spiro atoms. The van der Waals surface area contributed by atoms with Gasteiger partial charge in [-0.2, -0.15) is 0 Å². The van der Waals surface area contributed by atoms with Crippen molar-refractivity contribution in [1.29, 1.82) is 0 Å². The molecule has 3 aromatic carbocycles. The second kappa shape index (κ2) is 10.3. The number of benzene rings is 3. The predicted octanol–water partition coefficient (Wildman–Crippen LogP) is 5.75. The van der Waals surface area contributed by atoms with E-state index in [1.54, 1.807) is 31.2 Å². The number of Topliss-reactive ketones (excluding diaryl/α,β-unsaturated/α-hetero) is 1. The lowest BCUT2D eigenvalue weighted by molar-refractivity contribution is -0.146. The van der Waals surface area contributed by atoms with E-state index in [9.17, 15) is 14.4 Å². The highest BCUT2D eigenvalue weighted by Crippen LogP contribution is 2.35. The third-order valence-corrected chi connectivity index (χ3v) is 5.02. The number of allylic oxidation sites excluding steroid dienone is 1. The fourth-order valence-electron chi connectivity index (χ4n) is 3.41. The molecule has 156 valence electrons. The number of hydrogen-bond donors (Lipinski definition) is 0. The van der Waals surface area contributed by atoms with Crippen LogP contribution < -0.4 is 4.74 Å². The van der Waals surface area contributed by atoms with Crippen molar-refractivity contribution in [3.05, 3.63) is 101 Å². The number of ether oxygens (including phenoxy) is 1. The second-order valence-electron chi connectivity index (χ2n) is 7.00. The van der Waals surface area contributed by atoms with Crippen LogP contribution >= 0.6 is 0 Å². The molecule has 0 bridgehead atoms. The van der Waals surface area contributed by atoms with Crippen LogP contribution in [0.5, 0.6) is 5.75 Å². The van der Waals surface area contributed by atoms with Crippen molar-refractivity contribution in [2.45, 2.75) is 26.7 Å². The quantitative estimate of drug-likeness (QED) is 0.155. The largest absolute Gasteiger partial charge is 0.421 e. The molecule has 0 saturated carbocycles. The van der Waals surface area contributed by atoms with Gasteiger partial charge in [-0.25, -0.2) is 4.79 Å². The second-order valence-corrected chi connectivity index (χ2v) is 7.00. The summed E-state index contributed by atoms with van der Waals surface area (Å²) in [6, 6.07) is 24.7. The van der Waals surface area contributed by atoms with E-state index >= 15 is 0 Å². The highest BCUT2D eigenvalue weighted by molar-refractivity contribution is 6.34. The zero-order valence-electron chi connectivity index (χ0n) is 17.6. The molecule has 0 heterocycles. The van der Waals surface area contributed by atoms with E-state index in [2.05, 4.69) is 19.1 Å². The average molecular weight is 412 g/mol. The van der Waals surface area contributed by atoms with Gasteiger partial charge in [-0.05, 0) is 46.4 Å². The number of aldehydes is 1. The van der Waals surface area contributed by atoms with Gasteiger partial charge in [0.1, 0.15) is 12.0 Å². The fourth-order valence-corrected chi connectivity index (χ4v) is 3.41. The lowest BCUT2D eigenvalue weighted by Gasteiger charge is -2.17. The van der Waals surface area contributed by atoms with Crippen molar-refractivity contribution in [2.24, 2.45) is 0 Å².